The highest BCUT2D eigenvalue weighted by atomic mass is 16.6. The molecule has 1 N–H and O–H groups in total. The largest absolute Gasteiger partial charge is 0.462 e. The minimum Gasteiger partial charge on any atom is -0.462 e. The van der Waals surface area contributed by atoms with Gasteiger partial charge in [-0.3, -0.25) is 5.32 Å². The van der Waals surface area contributed by atoms with E-state index >= 15 is 0 Å². The first-order valence-corrected chi connectivity index (χ1v) is 6.83. The third kappa shape index (κ3) is 4.08. The Morgan fingerprint density at radius 3 is 2.62 bits per heavy atom. The first-order valence-electron chi connectivity index (χ1n) is 6.83. The average molecular weight is 289 g/mol. The second-order valence-electron chi connectivity index (χ2n) is 5.25. The Hall–Kier alpha value is -2.30. The molecule has 5 heteroatoms. The summed E-state index contributed by atoms with van der Waals surface area (Å²) in [5.74, 6) is -0.425. The minimum absolute atomic E-state index is 0.0634. The van der Waals surface area contributed by atoms with Gasteiger partial charge in [-0.25, -0.2) is 9.59 Å². The van der Waals surface area contributed by atoms with Gasteiger partial charge in [-0.05, 0) is 43.5 Å². The van der Waals surface area contributed by atoms with Crippen LogP contribution in [0, 0.1) is 19.8 Å². The van der Waals surface area contributed by atoms with Gasteiger partial charge in [0.25, 0.3) is 0 Å². The molecule has 0 aliphatic carbocycles. The van der Waals surface area contributed by atoms with Crippen molar-refractivity contribution >= 4 is 17.7 Å². The summed E-state index contributed by atoms with van der Waals surface area (Å²) in [6.07, 6.45) is 0.0287. The molecule has 1 aliphatic rings. The van der Waals surface area contributed by atoms with E-state index in [0.717, 1.165) is 11.1 Å². The molecule has 1 aromatic rings. The summed E-state index contributed by atoms with van der Waals surface area (Å²) in [5.41, 5.74) is 3.31. The van der Waals surface area contributed by atoms with Gasteiger partial charge in [0.05, 0.1) is 13.2 Å². The number of cyclic esters (lactones) is 1. The fourth-order valence-corrected chi connectivity index (χ4v) is 2.29. The van der Waals surface area contributed by atoms with E-state index in [2.05, 4.69) is 11.9 Å². The van der Waals surface area contributed by atoms with E-state index in [9.17, 15) is 9.59 Å². The quantitative estimate of drug-likeness (QED) is 0.683. The smallest absolute Gasteiger partial charge is 0.411 e. The standard InChI is InChI=1S/C16H19NO4/c1-10-6-11(2)8-14(7-10)17-16(19)20-5-4-13-9-21-15(18)12(13)3/h6-8,13H,3-5,9H2,1-2H3,(H,17,19)/t13-/m0/s1. The summed E-state index contributed by atoms with van der Waals surface area (Å²) >= 11 is 0. The van der Waals surface area contributed by atoms with Crippen LogP contribution in [0.3, 0.4) is 0 Å². The van der Waals surface area contributed by atoms with Gasteiger partial charge in [0, 0.05) is 17.2 Å². The van der Waals surface area contributed by atoms with E-state index in [1.165, 1.54) is 0 Å². The lowest BCUT2D eigenvalue weighted by Gasteiger charge is -2.10. The number of hydrogen-bond donors (Lipinski definition) is 1. The van der Waals surface area contributed by atoms with E-state index in [1.807, 2.05) is 32.0 Å². The topological polar surface area (TPSA) is 64.6 Å². The van der Waals surface area contributed by atoms with E-state index in [-0.39, 0.29) is 18.5 Å². The normalized spacial score (nSPS) is 17.5. The number of rotatable bonds is 4. The molecule has 5 nitrogen and oxygen atoms in total. The van der Waals surface area contributed by atoms with E-state index in [4.69, 9.17) is 9.47 Å². The second kappa shape index (κ2) is 6.43. The Morgan fingerprint density at radius 1 is 1.38 bits per heavy atom. The first kappa shape index (κ1) is 15.1. The number of carbonyl (C=O) groups excluding carboxylic acids is 2. The maximum absolute atomic E-state index is 11.7. The van der Waals surface area contributed by atoms with Crippen molar-refractivity contribution in [3.8, 4) is 0 Å². The molecule has 0 bridgehead atoms. The Kier molecular flexibility index (Phi) is 4.62. The number of nitrogens with one attached hydrogen (secondary N) is 1. The van der Waals surface area contributed by atoms with Crippen molar-refractivity contribution in [3.63, 3.8) is 0 Å². The number of hydrogen-bond acceptors (Lipinski definition) is 4. The maximum Gasteiger partial charge on any atom is 0.411 e. The molecule has 1 saturated heterocycles. The van der Waals surface area contributed by atoms with Crippen LogP contribution in [0.5, 0.6) is 0 Å². The lowest BCUT2D eigenvalue weighted by atomic mass is 10.0. The van der Waals surface area contributed by atoms with Crippen LogP contribution in [-0.2, 0) is 14.3 Å². The van der Waals surface area contributed by atoms with Crippen LogP contribution >= 0.6 is 0 Å². The summed E-state index contributed by atoms with van der Waals surface area (Å²) in [7, 11) is 0. The van der Waals surface area contributed by atoms with Gasteiger partial charge in [0.1, 0.15) is 0 Å². The molecular weight excluding hydrogens is 270 g/mol. The third-order valence-electron chi connectivity index (χ3n) is 3.34. The molecule has 0 spiro atoms. The number of amides is 1. The number of anilines is 1. The highest BCUT2D eigenvalue weighted by Gasteiger charge is 2.28. The number of esters is 1. The van der Waals surface area contributed by atoms with Crippen molar-refractivity contribution < 1.29 is 19.1 Å². The second-order valence-corrected chi connectivity index (χ2v) is 5.25. The fourth-order valence-electron chi connectivity index (χ4n) is 2.29. The number of ether oxygens (including phenoxy) is 2. The molecule has 1 aliphatic heterocycles. The zero-order valence-corrected chi connectivity index (χ0v) is 12.3. The Balaban J connectivity index is 1.77. The van der Waals surface area contributed by atoms with E-state index in [1.54, 1.807) is 0 Å². The van der Waals surface area contributed by atoms with Crippen LogP contribution in [0.15, 0.2) is 30.4 Å². The molecule has 0 saturated carbocycles. The van der Waals surface area contributed by atoms with E-state index in [0.29, 0.717) is 24.3 Å². The van der Waals surface area contributed by atoms with Crippen LogP contribution in [0.4, 0.5) is 10.5 Å². The van der Waals surface area contributed by atoms with Gasteiger partial charge in [-0.2, -0.15) is 0 Å². The van der Waals surface area contributed by atoms with Gasteiger partial charge in [-0.15, -0.1) is 0 Å². The van der Waals surface area contributed by atoms with Crippen LogP contribution < -0.4 is 5.32 Å². The summed E-state index contributed by atoms with van der Waals surface area (Å²) in [5, 5.41) is 2.69. The van der Waals surface area contributed by atoms with Gasteiger partial charge in [0.15, 0.2) is 0 Å². The van der Waals surface area contributed by atoms with Crippen molar-refractivity contribution in [2.75, 3.05) is 18.5 Å². The van der Waals surface area contributed by atoms with Crippen molar-refractivity contribution in [3.05, 3.63) is 41.5 Å². The Bertz CT molecular complexity index is 559. The van der Waals surface area contributed by atoms with Gasteiger partial charge in [-0.1, -0.05) is 12.6 Å². The summed E-state index contributed by atoms with van der Waals surface area (Å²) < 4.78 is 9.98. The van der Waals surface area contributed by atoms with Crippen LogP contribution in [-0.4, -0.2) is 25.3 Å². The SMILES string of the molecule is C=C1C(=O)OC[C@@H]1CCOC(=O)Nc1cc(C)cc(C)c1. The van der Waals surface area contributed by atoms with Crippen molar-refractivity contribution in [2.45, 2.75) is 20.3 Å². The summed E-state index contributed by atoms with van der Waals surface area (Å²) in [6.45, 7) is 8.14. The lowest BCUT2D eigenvalue weighted by molar-refractivity contribution is -0.135. The molecule has 0 unspecified atom stereocenters. The molecule has 1 heterocycles. The maximum atomic E-state index is 11.7. The molecule has 0 aromatic heterocycles. The molecule has 0 radical (unpaired) electrons. The van der Waals surface area contributed by atoms with Crippen LogP contribution in [0.25, 0.3) is 0 Å². The molecule has 2 rings (SSSR count). The number of carbonyl (C=O) groups is 2. The van der Waals surface area contributed by atoms with Gasteiger partial charge >= 0.3 is 12.1 Å². The first-order chi connectivity index (χ1) is 9.95. The number of aryl methyl sites for hydroxylation is 2. The molecule has 1 amide bonds. The predicted octanol–water partition coefficient (Wildman–Crippen LogP) is 2.97. The number of benzene rings is 1. The summed E-state index contributed by atoms with van der Waals surface area (Å²) in [4.78, 5) is 22.8. The molecule has 21 heavy (non-hydrogen) atoms. The highest BCUT2D eigenvalue weighted by Crippen LogP contribution is 2.22. The predicted molar refractivity (Wildman–Crippen MR) is 79.1 cm³/mol. The molecule has 112 valence electrons. The Labute approximate surface area is 123 Å². The molecular formula is C16H19NO4. The van der Waals surface area contributed by atoms with Crippen LogP contribution in [0.2, 0.25) is 0 Å². The third-order valence-corrected chi connectivity index (χ3v) is 3.34. The Morgan fingerprint density at radius 2 is 2.05 bits per heavy atom. The zero-order valence-electron chi connectivity index (χ0n) is 12.3. The van der Waals surface area contributed by atoms with Crippen molar-refractivity contribution in [1.29, 1.82) is 0 Å². The molecule has 1 aromatic carbocycles. The average Bonchev–Trinajstić information content (AvgIpc) is 2.69. The summed E-state index contributed by atoms with van der Waals surface area (Å²) in [6, 6.07) is 5.78. The van der Waals surface area contributed by atoms with Crippen molar-refractivity contribution in [1.82, 2.24) is 0 Å². The van der Waals surface area contributed by atoms with Gasteiger partial charge in [0.2, 0.25) is 0 Å². The zero-order chi connectivity index (χ0) is 15.4. The van der Waals surface area contributed by atoms with Crippen molar-refractivity contribution in [2.24, 2.45) is 5.92 Å². The monoisotopic (exact) mass is 289 g/mol. The van der Waals surface area contributed by atoms with Gasteiger partial charge < -0.3 is 9.47 Å². The molecule has 1 fully saturated rings. The molecule has 1 atom stereocenters. The minimum atomic E-state index is -0.504. The van der Waals surface area contributed by atoms with Crippen LogP contribution in [0.1, 0.15) is 17.5 Å². The van der Waals surface area contributed by atoms with E-state index < -0.39 is 6.09 Å². The fraction of sp³-hybridized carbons (Fsp3) is 0.375. The lowest BCUT2D eigenvalue weighted by Crippen LogP contribution is -2.16. The highest BCUT2D eigenvalue weighted by molar-refractivity contribution is 5.90.